The van der Waals surface area contributed by atoms with E-state index in [9.17, 15) is 8.42 Å². The molecular weight excluding hydrogens is 452 g/mol. The number of hydrogen-bond donors (Lipinski definition) is 1. The van der Waals surface area contributed by atoms with Crippen LogP contribution in [0.5, 0.6) is 5.75 Å². The first-order chi connectivity index (χ1) is 16.5. The summed E-state index contributed by atoms with van der Waals surface area (Å²) in [4.78, 5) is 11.4. The number of nitrogens with one attached hydrogen (secondary N) is 1. The fraction of sp³-hybridized carbons (Fsp3) is 0.250. The molecule has 34 heavy (non-hydrogen) atoms. The second-order valence-corrected chi connectivity index (χ2v) is 10.1. The molecule has 3 heterocycles. The highest BCUT2D eigenvalue weighted by atomic mass is 32.2. The van der Waals surface area contributed by atoms with Crippen molar-refractivity contribution in [2.24, 2.45) is 0 Å². The lowest BCUT2D eigenvalue weighted by molar-refractivity contribution is 0.222. The zero-order valence-corrected chi connectivity index (χ0v) is 19.9. The molecule has 0 spiro atoms. The molecule has 1 aliphatic rings. The lowest BCUT2D eigenvalue weighted by Crippen LogP contribution is -2.46. The number of nitrogens with zero attached hydrogens (tertiary/aromatic N) is 5. The second kappa shape index (κ2) is 9.05. The van der Waals surface area contributed by atoms with Crippen LogP contribution in [0.25, 0.3) is 16.9 Å². The summed E-state index contributed by atoms with van der Waals surface area (Å²) >= 11 is 0. The van der Waals surface area contributed by atoms with Crippen LogP contribution in [0.1, 0.15) is 0 Å². The fourth-order valence-corrected chi connectivity index (χ4v) is 5.43. The molecule has 1 saturated heterocycles. The number of sulfonamides is 1. The molecule has 176 valence electrons. The quantitative estimate of drug-likeness (QED) is 0.455. The molecule has 2 aromatic heterocycles. The van der Waals surface area contributed by atoms with Crippen LogP contribution in [0.15, 0.2) is 72.0 Å². The van der Waals surface area contributed by atoms with E-state index in [1.807, 2.05) is 41.9 Å². The van der Waals surface area contributed by atoms with E-state index in [1.54, 1.807) is 48.1 Å². The van der Waals surface area contributed by atoms with Gasteiger partial charge in [0.05, 0.1) is 23.9 Å². The Morgan fingerprint density at radius 1 is 0.941 bits per heavy atom. The number of benzene rings is 2. The number of piperazine rings is 1. The fourth-order valence-electron chi connectivity index (χ4n) is 4.01. The van der Waals surface area contributed by atoms with Crippen molar-refractivity contribution in [3.8, 4) is 17.0 Å². The van der Waals surface area contributed by atoms with E-state index >= 15 is 0 Å². The van der Waals surface area contributed by atoms with Crippen LogP contribution in [0.2, 0.25) is 0 Å². The van der Waals surface area contributed by atoms with Crippen LogP contribution in [-0.4, -0.2) is 72.3 Å². The van der Waals surface area contributed by atoms with Crippen molar-refractivity contribution in [1.29, 1.82) is 0 Å². The third-order valence-corrected chi connectivity index (χ3v) is 7.94. The summed E-state index contributed by atoms with van der Waals surface area (Å²) in [6.45, 7) is 2.47. The van der Waals surface area contributed by atoms with Crippen LogP contribution in [0, 0.1) is 0 Å². The van der Waals surface area contributed by atoms with Gasteiger partial charge in [-0.15, -0.1) is 0 Å². The maximum atomic E-state index is 13.0. The van der Waals surface area contributed by atoms with Gasteiger partial charge in [-0.05, 0) is 55.6 Å². The monoisotopic (exact) mass is 478 g/mol. The molecule has 9 nitrogen and oxygen atoms in total. The highest BCUT2D eigenvalue weighted by Crippen LogP contribution is 2.27. The summed E-state index contributed by atoms with van der Waals surface area (Å²) in [5.74, 6) is 1.37. The summed E-state index contributed by atoms with van der Waals surface area (Å²) in [5, 5.41) is 3.26. The molecule has 2 aromatic carbocycles. The van der Waals surface area contributed by atoms with Gasteiger partial charge in [0, 0.05) is 49.8 Å². The van der Waals surface area contributed by atoms with Gasteiger partial charge in [-0.1, -0.05) is 0 Å². The van der Waals surface area contributed by atoms with E-state index in [0.717, 1.165) is 35.8 Å². The van der Waals surface area contributed by atoms with Crippen LogP contribution in [0.3, 0.4) is 0 Å². The Kier molecular flexibility index (Phi) is 5.94. The highest BCUT2D eigenvalue weighted by Gasteiger charge is 2.27. The van der Waals surface area contributed by atoms with Gasteiger partial charge in [0.1, 0.15) is 5.75 Å². The van der Waals surface area contributed by atoms with Gasteiger partial charge in [-0.3, -0.25) is 4.40 Å². The third-order valence-electron chi connectivity index (χ3n) is 6.03. The summed E-state index contributed by atoms with van der Waals surface area (Å²) in [6, 6.07) is 14.5. The van der Waals surface area contributed by atoms with E-state index in [-0.39, 0.29) is 4.90 Å². The van der Waals surface area contributed by atoms with Gasteiger partial charge >= 0.3 is 0 Å². The Morgan fingerprint density at radius 3 is 2.32 bits per heavy atom. The number of hydrogen-bond acceptors (Lipinski definition) is 7. The van der Waals surface area contributed by atoms with Crippen molar-refractivity contribution in [3.05, 3.63) is 67.1 Å². The predicted molar refractivity (Wildman–Crippen MR) is 131 cm³/mol. The summed E-state index contributed by atoms with van der Waals surface area (Å²) in [7, 11) is 0.135. The Balaban J connectivity index is 1.38. The molecule has 0 unspecified atom stereocenters. The van der Waals surface area contributed by atoms with Crippen LogP contribution >= 0.6 is 0 Å². The first-order valence-corrected chi connectivity index (χ1v) is 12.4. The van der Waals surface area contributed by atoms with Crippen molar-refractivity contribution in [2.75, 3.05) is 45.7 Å². The largest absolute Gasteiger partial charge is 0.497 e. The molecule has 4 aromatic rings. The number of imidazole rings is 1. The molecule has 0 atom stereocenters. The number of likely N-dealkylation sites (N-methyl/N-ethyl adjacent to an activating group) is 1. The summed E-state index contributed by atoms with van der Waals surface area (Å²) < 4.78 is 34.7. The van der Waals surface area contributed by atoms with E-state index in [4.69, 9.17) is 4.74 Å². The van der Waals surface area contributed by atoms with Crippen molar-refractivity contribution >= 4 is 27.2 Å². The van der Waals surface area contributed by atoms with Crippen molar-refractivity contribution in [3.63, 3.8) is 0 Å². The number of fused-ring (bicyclic) bond motifs is 1. The number of aromatic nitrogens is 3. The SMILES string of the molecule is COc1ccc(-c2cnc3c(Nc4ccc(S(=O)(=O)N5CCN(C)CC5)cc4)nccn23)cc1. The van der Waals surface area contributed by atoms with E-state index in [0.29, 0.717) is 24.6 Å². The molecule has 0 bridgehead atoms. The molecular formula is C24H26N6O3S. The minimum Gasteiger partial charge on any atom is -0.497 e. The molecule has 0 saturated carbocycles. The summed E-state index contributed by atoms with van der Waals surface area (Å²) in [6.07, 6.45) is 5.37. The smallest absolute Gasteiger partial charge is 0.243 e. The Morgan fingerprint density at radius 2 is 1.65 bits per heavy atom. The molecule has 5 rings (SSSR count). The average Bonchev–Trinajstić information content (AvgIpc) is 3.30. The maximum absolute atomic E-state index is 13.0. The van der Waals surface area contributed by atoms with Gasteiger partial charge in [-0.2, -0.15) is 4.31 Å². The standard InChI is InChI=1S/C24H26N6O3S/c1-28-13-15-29(16-14-28)34(31,32)21-9-5-19(6-10-21)27-23-24-26-17-22(30(24)12-11-25-23)18-3-7-20(33-2)8-4-18/h3-12,17H,13-16H2,1-2H3,(H,25,27). The van der Waals surface area contributed by atoms with Crippen molar-refractivity contribution < 1.29 is 13.2 Å². The van der Waals surface area contributed by atoms with Crippen molar-refractivity contribution in [1.82, 2.24) is 23.6 Å². The highest BCUT2D eigenvalue weighted by molar-refractivity contribution is 7.89. The first-order valence-electron chi connectivity index (χ1n) is 11.0. The van der Waals surface area contributed by atoms with Gasteiger partial charge in [0.2, 0.25) is 10.0 Å². The molecule has 0 aliphatic carbocycles. The predicted octanol–water partition coefficient (Wildman–Crippen LogP) is 3.08. The Bertz CT molecular complexity index is 1390. The van der Waals surface area contributed by atoms with E-state index in [2.05, 4.69) is 20.2 Å². The van der Waals surface area contributed by atoms with Crippen LogP contribution in [-0.2, 0) is 10.0 Å². The normalized spacial score (nSPS) is 15.5. The average molecular weight is 479 g/mol. The van der Waals surface area contributed by atoms with E-state index < -0.39 is 10.0 Å². The number of rotatable bonds is 6. The van der Waals surface area contributed by atoms with Crippen LogP contribution in [0.4, 0.5) is 11.5 Å². The van der Waals surface area contributed by atoms with Crippen molar-refractivity contribution in [2.45, 2.75) is 4.90 Å². The Hall–Kier alpha value is -3.47. The van der Waals surface area contributed by atoms with Gasteiger partial charge < -0.3 is 15.0 Å². The molecule has 0 radical (unpaired) electrons. The van der Waals surface area contributed by atoms with Gasteiger partial charge in [0.25, 0.3) is 0 Å². The van der Waals surface area contributed by atoms with E-state index in [1.165, 1.54) is 0 Å². The lowest BCUT2D eigenvalue weighted by Gasteiger charge is -2.31. The molecule has 1 N–H and O–H groups in total. The van der Waals surface area contributed by atoms with Gasteiger partial charge in [-0.25, -0.2) is 18.4 Å². The molecule has 0 amide bonds. The molecule has 1 fully saturated rings. The third kappa shape index (κ3) is 4.23. The zero-order valence-electron chi connectivity index (χ0n) is 19.0. The van der Waals surface area contributed by atoms with Crippen LogP contribution < -0.4 is 10.1 Å². The molecule has 10 heteroatoms. The number of methoxy groups -OCH3 is 1. The Labute approximate surface area is 198 Å². The maximum Gasteiger partial charge on any atom is 0.243 e. The molecule has 1 aliphatic heterocycles. The lowest BCUT2D eigenvalue weighted by atomic mass is 10.1. The first kappa shape index (κ1) is 22.3. The number of ether oxygens (including phenoxy) is 1. The summed E-state index contributed by atoms with van der Waals surface area (Å²) in [5.41, 5.74) is 3.33. The zero-order chi connectivity index (χ0) is 23.7. The van der Waals surface area contributed by atoms with Gasteiger partial charge in [0.15, 0.2) is 11.5 Å². The topological polar surface area (TPSA) is 92.1 Å². The second-order valence-electron chi connectivity index (χ2n) is 8.20. The minimum atomic E-state index is -3.50. The minimum absolute atomic E-state index is 0.288. The number of anilines is 2.